The molecule has 0 amide bonds. The summed E-state index contributed by atoms with van der Waals surface area (Å²) < 4.78 is 22.4. The predicted octanol–water partition coefficient (Wildman–Crippen LogP) is 0.515. The fourth-order valence-corrected chi connectivity index (χ4v) is 3.79. The molecule has 13 heavy (non-hydrogen) atoms. The Bertz CT molecular complexity index is 282. The van der Waals surface area contributed by atoms with Crippen LogP contribution in [0.3, 0.4) is 0 Å². The molecule has 2 rings (SSSR count). The maximum Gasteiger partial charge on any atom is 0.151 e. The van der Waals surface area contributed by atoms with Gasteiger partial charge in [0.25, 0.3) is 0 Å². The van der Waals surface area contributed by atoms with E-state index in [9.17, 15) is 8.42 Å². The first kappa shape index (κ1) is 9.46. The Kier molecular flexibility index (Phi) is 2.36. The molecule has 4 heteroatoms. The molecule has 0 spiro atoms. The Hall–Kier alpha value is -0.0900. The number of hydrogen-bond donors (Lipinski definition) is 0. The molecule has 1 heterocycles. The second kappa shape index (κ2) is 3.24. The smallest absolute Gasteiger partial charge is 0.151 e. The van der Waals surface area contributed by atoms with Gasteiger partial charge < -0.3 is 4.90 Å². The summed E-state index contributed by atoms with van der Waals surface area (Å²) in [5, 5.41) is 0. The molecule has 2 aliphatic rings. The number of hydrogen-bond acceptors (Lipinski definition) is 3. The lowest BCUT2D eigenvalue weighted by Crippen LogP contribution is -2.34. The van der Waals surface area contributed by atoms with Crippen LogP contribution in [0.15, 0.2) is 0 Å². The van der Waals surface area contributed by atoms with Crippen molar-refractivity contribution in [2.45, 2.75) is 25.3 Å². The summed E-state index contributed by atoms with van der Waals surface area (Å²) in [6, 6.07) is 0.297. The van der Waals surface area contributed by atoms with Gasteiger partial charge in [0, 0.05) is 12.6 Å². The van der Waals surface area contributed by atoms with Crippen molar-refractivity contribution in [3.05, 3.63) is 0 Å². The molecular weight excluding hydrogens is 186 g/mol. The molecule has 76 valence electrons. The van der Waals surface area contributed by atoms with Crippen molar-refractivity contribution in [3.8, 4) is 0 Å². The third-order valence-corrected chi connectivity index (χ3v) is 4.83. The Morgan fingerprint density at radius 1 is 1.31 bits per heavy atom. The van der Waals surface area contributed by atoms with Crippen LogP contribution in [0, 0.1) is 5.92 Å². The molecule has 2 fully saturated rings. The van der Waals surface area contributed by atoms with E-state index in [1.807, 2.05) is 0 Å². The summed E-state index contributed by atoms with van der Waals surface area (Å²) >= 11 is 0. The van der Waals surface area contributed by atoms with Gasteiger partial charge in [-0.25, -0.2) is 8.42 Å². The monoisotopic (exact) mass is 203 g/mol. The molecular formula is C9H17NO2S. The average Bonchev–Trinajstić information content (AvgIpc) is 2.75. The molecule has 1 aliphatic carbocycles. The third kappa shape index (κ3) is 2.44. The first-order valence-electron chi connectivity index (χ1n) is 4.97. The minimum Gasteiger partial charge on any atom is -0.302 e. The highest BCUT2D eigenvalue weighted by molar-refractivity contribution is 7.91. The van der Waals surface area contributed by atoms with Crippen molar-refractivity contribution < 1.29 is 8.42 Å². The fourth-order valence-electron chi connectivity index (χ4n) is 1.98. The van der Waals surface area contributed by atoms with Crippen LogP contribution in [0.25, 0.3) is 0 Å². The first-order valence-corrected chi connectivity index (χ1v) is 6.79. The van der Waals surface area contributed by atoms with Crippen LogP contribution in [0.5, 0.6) is 0 Å². The van der Waals surface area contributed by atoms with Gasteiger partial charge in [0.2, 0.25) is 0 Å². The predicted molar refractivity (Wildman–Crippen MR) is 52.4 cm³/mol. The molecule has 1 aliphatic heterocycles. The number of rotatable bonds is 3. The van der Waals surface area contributed by atoms with Crippen LogP contribution in [0.1, 0.15) is 19.3 Å². The van der Waals surface area contributed by atoms with Gasteiger partial charge in [-0.1, -0.05) is 0 Å². The summed E-state index contributed by atoms with van der Waals surface area (Å²) in [5.74, 6) is 1.64. The van der Waals surface area contributed by atoms with E-state index in [2.05, 4.69) is 11.9 Å². The van der Waals surface area contributed by atoms with Crippen LogP contribution in [-0.4, -0.2) is 44.5 Å². The quantitative estimate of drug-likeness (QED) is 0.671. The summed E-state index contributed by atoms with van der Waals surface area (Å²) in [4.78, 5) is 2.24. The highest BCUT2D eigenvalue weighted by atomic mass is 32.2. The van der Waals surface area contributed by atoms with Gasteiger partial charge in [-0.3, -0.25) is 0 Å². The SMILES string of the molecule is CN(CC1CC1)C1CCS(=O)(=O)C1. The van der Waals surface area contributed by atoms with Gasteiger partial charge in [0.15, 0.2) is 9.84 Å². The molecule has 0 bridgehead atoms. The highest BCUT2D eigenvalue weighted by Crippen LogP contribution is 2.30. The van der Waals surface area contributed by atoms with Crippen molar-refractivity contribution >= 4 is 9.84 Å². The van der Waals surface area contributed by atoms with Crippen molar-refractivity contribution in [1.29, 1.82) is 0 Å². The Morgan fingerprint density at radius 3 is 2.46 bits per heavy atom. The van der Waals surface area contributed by atoms with Crippen LogP contribution in [0.2, 0.25) is 0 Å². The van der Waals surface area contributed by atoms with Crippen LogP contribution < -0.4 is 0 Å². The Labute approximate surface area is 80.0 Å². The topological polar surface area (TPSA) is 37.4 Å². The number of sulfone groups is 1. The Morgan fingerprint density at radius 2 is 2.00 bits per heavy atom. The van der Waals surface area contributed by atoms with E-state index in [-0.39, 0.29) is 0 Å². The van der Waals surface area contributed by atoms with Gasteiger partial charge in [-0.05, 0) is 32.2 Å². The standard InChI is InChI=1S/C9H17NO2S/c1-10(6-8-2-3-8)9-4-5-13(11,12)7-9/h8-9H,2-7H2,1H3. The fraction of sp³-hybridized carbons (Fsp3) is 1.00. The van der Waals surface area contributed by atoms with Crippen molar-refractivity contribution in [2.24, 2.45) is 5.92 Å². The highest BCUT2D eigenvalue weighted by Gasteiger charge is 2.33. The molecule has 0 N–H and O–H groups in total. The van der Waals surface area contributed by atoms with E-state index >= 15 is 0 Å². The van der Waals surface area contributed by atoms with E-state index in [4.69, 9.17) is 0 Å². The van der Waals surface area contributed by atoms with Crippen molar-refractivity contribution in [1.82, 2.24) is 4.90 Å². The molecule has 1 unspecified atom stereocenters. The molecule has 1 atom stereocenters. The van der Waals surface area contributed by atoms with E-state index in [0.717, 1.165) is 18.9 Å². The summed E-state index contributed by atoms with van der Waals surface area (Å²) in [6.45, 7) is 1.10. The molecule has 0 aromatic rings. The van der Waals surface area contributed by atoms with E-state index < -0.39 is 9.84 Å². The zero-order chi connectivity index (χ0) is 9.47. The van der Waals surface area contributed by atoms with Gasteiger partial charge in [0.05, 0.1) is 11.5 Å². The van der Waals surface area contributed by atoms with E-state index in [1.165, 1.54) is 12.8 Å². The van der Waals surface area contributed by atoms with Crippen LogP contribution >= 0.6 is 0 Å². The molecule has 1 saturated carbocycles. The minimum absolute atomic E-state index is 0.297. The van der Waals surface area contributed by atoms with Crippen molar-refractivity contribution in [3.63, 3.8) is 0 Å². The largest absolute Gasteiger partial charge is 0.302 e. The average molecular weight is 203 g/mol. The van der Waals surface area contributed by atoms with Gasteiger partial charge in [0.1, 0.15) is 0 Å². The molecule has 0 aromatic carbocycles. The second-order valence-corrected chi connectivity index (χ2v) is 6.67. The van der Waals surface area contributed by atoms with Gasteiger partial charge in [-0.2, -0.15) is 0 Å². The van der Waals surface area contributed by atoms with E-state index in [1.54, 1.807) is 0 Å². The van der Waals surface area contributed by atoms with E-state index in [0.29, 0.717) is 17.5 Å². The second-order valence-electron chi connectivity index (χ2n) is 4.44. The normalized spacial score (nSPS) is 32.6. The molecule has 3 nitrogen and oxygen atoms in total. The summed E-state index contributed by atoms with van der Waals surface area (Å²) in [6.07, 6.45) is 3.51. The zero-order valence-corrected chi connectivity index (χ0v) is 8.89. The maximum atomic E-state index is 11.2. The maximum absolute atomic E-state index is 11.2. The van der Waals surface area contributed by atoms with Crippen molar-refractivity contribution in [2.75, 3.05) is 25.1 Å². The first-order chi connectivity index (χ1) is 6.07. The molecule has 0 aromatic heterocycles. The van der Waals surface area contributed by atoms with Gasteiger partial charge in [-0.15, -0.1) is 0 Å². The zero-order valence-electron chi connectivity index (χ0n) is 8.07. The lowest BCUT2D eigenvalue weighted by molar-refractivity contribution is 0.252. The summed E-state index contributed by atoms with van der Waals surface area (Å²) in [5.41, 5.74) is 0. The third-order valence-electron chi connectivity index (χ3n) is 3.07. The molecule has 0 radical (unpaired) electrons. The lowest BCUT2D eigenvalue weighted by atomic mass is 10.2. The lowest BCUT2D eigenvalue weighted by Gasteiger charge is -2.22. The van der Waals surface area contributed by atoms with Crippen LogP contribution in [0.4, 0.5) is 0 Å². The Balaban J connectivity index is 1.87. The van der Waals surface area contributed by atoms with Gasteiger partial charge >= 0.3 is 0 Å². The minimum atomic E-state index is -2.70. The van der Waals surface area contributed by atoms with Crippen LogP contribution in [-0.2, 0) is 9.84 Å². The summed E-state index contributed by atoms with van der Waals surface area (Å²) in [7, 11) is -0.638. The molecule has 1 saturated heterocycles. The number of nitrogens with zero attached hydrogens (tertiary/aromatic N) is 1.